The van der Waals surface area contributed by atoms with E-state index in [1.807, 2.05) is 0 Å². The number of carbonyl (C=O) groups excluding carboxylic acids is 2. The third kappa shape index (κ3) is 5.96. The fourth-order valence-electron chi connectivity index (χ4n) is 3.44. The molecule has 3 rings (SSSR count). The van der Waals surface area contributed by atoms with Crippen molar-refractivity contribution in [1.82, 2.24) is 15.0 Å². The Balaban J connectivity index is 1.74. The number of hydrogen-bond acceptors (Lipinski definition) is 7. The molecule has 0 atom stereocenters. The quantitative estimate of drug-likeness (QED) is 0.670. The van der Waals surface area contributed by atoms with E-state index in [2.05, 4.69) is 15.4 Å². The molecule has 30 heavy (non-hydrogen) atoms. The highest BCUT2D eigenvalue weighted by atomic mass is 16.5. The summed E-state index contributed by atoms with van der Waals surface area (Å²) in [5.41, 5.74) is 0.402. The highest BCUT2D eigenvalue weighted by Crippen LogP contribution is 2.23. The largest absolute Gasteiger partial charge is 0.497 e. The minimum atomic E-state index is -0.342. The molecule has 1 aromatic heterocycles. The average molecular weight is 416 g/mol. The Morgan fingerprint density at radius 2 is 1.83 bits per heavy atom. The van der Waals surface area contributed by atoms with Gasteiger partial charge in [-0.1, -0.05) is 11.6 Å². The molecule has 0 aliphatic carbocycles. The molecule has 9 nitrogen and oxygen atoms in total. The number of rotatable bonds is 9. The van der Waals surface area contributed by atoms with Crippen molar-refractivity contribution in [3.05, 3.63) is 36.1 Å². The van der Waals surface area contributed by atoms with Gasteiger partial charge in [0, 0.05) is 30.8 Å². The molecule has 162 valence electrons. The number of likely N-dealkylation sites (tertiary alicyclic amines) is 1. The first-order valence-corrected chi connectivity index (χ1v) is 10.0. The number of hydrogen-bond donors (Lipinski definition) is 1. The highest BCUT2D eigenvalue weighted by molar-refractivity contribution is 5.99. The van der Waals surface area contributed by atoms with Crippen LogP contribution in [0, 0.1) is 0 Å². The van der Waals surface area contributed by atoms with Gasteiger partial charge in [-0.15, -0.1) is 0 Å². The van der Waals surface area contributed by atoms with Gasteiger partial charge in [-0.3, -0.25) is 9.59 Å². The van der Waals surface area contributed by atoms with Gasteiger partial charge in [-0.05, 0) is 38.1 Å². The molecule has 0 unspecified atom stereocenters. The van der Waals surface area contributed by atoms with Gasteiger partial charge in [0.2, 0.25) is 5.91 Å². The molecule has 1 fully saturated rings. The summed E-state index contributed by atoms with van der Waals surface area (Å²) in [4.78, 5) is 29.6. The van der Waals surface area contributed by atoms with Crippen molar-refractivity contribution in [2.45, 2.75) is 19.3 Å². The average Bonchev–Trinajstić information content (AvgIpc) is 3.29. The van der Waals surface area contributed by atoms with Gasteiger partial charge in [0.15, 0.2) is 5.82 Å². The van der Waals surface area contributed by atoms with E-state index in [4.69, 9.17) is 14.0 Å². The molecule has 1 aliphatic rings. The van der Waals surface area contributed by atoms with Gasteiger partial charge in [0.1, 0.15) is 24.3 Å². The van der Waals surface area contributed by atoms with Gasteiger partial charge in [-0.25, -0.2) is 0 Å². The molecule has 0 bridgehead atoms. The lowest BCUT2D eigenvalue weighted by Crippen LogP contribution is -2.43. The van der Waals surface area contributed by atoms with Crippen LogP contribution in [0.25, 0.3) is 0 Å². The lowest BCUT2D eigenvalue weighted by Gasteiger charge is -2.30. The van der Waals surface area contributed by atoms with Crippen molar-refractivity contribution < 1.29 is 23.6 Å². The normalized spacial score (nSPS) is 14.2. The zero-order valence-electron chi connectivity index (χ0n) is 17.4. The lowest BCUT2D eigenvalue weighted by atomic mass is 10.1. The van der Waals surface area contributed by atoms with Crippen molar-refractivity contribution in [3.63, 3.8) is 0 Å². The summed E-state index contributed by atoms with van der Waals surface area (Å²) in [6.07, 6.45) is 4.93. The molecule has 1 N–H and O–H groups in total. The minimum absolute atomic E-state index is 0.0982. The molecule has 0 saturated carbocycles. The van der Waals surface area contributed by atoms with E-state index in [9.17, 15) is 9.59 Å². The topological polar surface area (TPSA) is 97.1 Å². The lowest BCUT2D eigenvalue weighted by molar-refractivity contribution is -0.117. The van der Waals surface area contributed by atoms with Crippen molar-refractivity contribution >= 4 is 17.6 Å². The number of benzene rings is 1. The number of methoxy groups -OCH3 is 2. The second-order valence-electron chi connectivity index (χ2n) is 7.16. The van der Waals surface area contributed by atoms with Gasteiger partial charge >= 0.3 is 0 Å². The van der Waals surface area contributed by atoms with E-state index in [1.54, 1.807) is 24.3 Å². The van der Waals surface area contributed by atoms with Gasteiger partial charge in [-0.2, -0.15) is 0 Å². The van der Waals surface area contributed by atoms with Crippen LogP contribution in [0.4, 0.5) is 5.82 Å². The van der Waals surface area contributed by atoms with Crippen molar-refractivity contribution in [2.75, 3.05) is 52.3 Å². The molecule has 1 aromatic carbocycles. The van der Waals surface area contributed by atoms with Crippen molar-refractivity contribution in [2.24, 2.45) is 0 Å². The van der Waals surface area contributed by atoms with Crippen LogP contribution in [0.5, 0.6) is 11.5 Å². The Bertz CT molecular complexity index is 812. The van der Waals surface area contributed by atoms with E-state index in [0.29, 0.717) is 36.0 Å². The van der Waals surface area contributed by atoms with E-state index in [-0.39, 0.29) is 18.4 Å². The van der Waals surface area contributed by atoms with Gasteiger partial charge in [0.05, 0.1) is 14.2 Å². The van der Waals surface area contributed by atoms with Crippen LogP contribution in [0.3, 0.4) is 0 Å². The molecule has 2 amide bonds. The van der Waals surface area contributed by atoms with Crippen LogP contribution >= 0.6 is 0 Å². The third-order valence-electron chi connectivity index (χ3n) is 5.06. The van der Waals surface area contributed by atoms with E-state index in [1.165, 1.54) is 31.8 Å². The van der Waals surface area contributed by atoms with E-state index >= 15 is 0 Å². The summed E-state index contributed by atoms with van der Waals surface area (Å²) in [5.74, 6) is 0.734. The van der Waals surface area contributed by atoms with Crippen molar-refractivity contribution in [3.8, 4) is 11.5 Å². The second-order valence-corrected chi connectivity index (χ2v) is 7.16. The maximum atomic E-state index is 13.3. The molecule has 2 aromatic rings. The standard InChI is InChI=1S/C21H28N4O5/c1-28-17-12-16(13-18(14-17)29-2)21(27)25(10-9-24-7-4-3-5-8-24)15-20(26)22-19-6-11-30-23-19/h6,11-14H,3-5,7-10,15H2,1-2H3,(H,22,23,26). The number of amides is 2. The smallest absolute Gasteiger partial charge is 0.254 e. The predicted octanol–water partition coefficient (Wildman–Crippen LogP) is 2.26. The van der Waals surface area contributed by atoms with Crippen LogP contribution in [0.2, 0.25) is 0 Å². The summed E-state index contributed by atoms with van der Waals surface area (Å²) >= 11 is 0. The van der Waals surface area contributed by atoms with Crippen LogP contribution in [0.15, 0.2) is 35.1 Å². The number of piperidine rings is 1. The van der Waals surface area contributed by atoms with Gasteiger partial charge in [0.25, 0.3) is 5.91 Å². The Kier molecular flexibility index (Phi) is 7.67. The summed E-state index contributed by atoms with van der Waals surface area (Å²) in [6, 6.07) is 6.54. The fraction of sp³-hybridized carbons (Fsp3) is 0.476. The maximum absolute atomic E-state index is 13.3. The Labute approximate surface area is 175 Å². The zero-order chi connectivity index (χ0) is 21.3. The van der Waals surface area contributed by atoms with Crippen molar-refractivity contribution in [1.29, 1.82) is 0 Å². The first kappa shape index (κ1) is 21.6. The molecular weight excluding hydrogens is 388 g/mol. The van der Waals surface area contributed by atoms with Gasteiger partial charge < -0.3 is 29.1 Å². The molecule has 0 radical (unpaired) electrons. The monoisotopic (exact) mass is 416 g/mol. The minimum Gasteiger partial charge on any atom is -0.497 e. The number of aromatic nitrogens is 1. The fourth-order valence-corrected chi connectivity index (χ4v) is 3.44. The summed E-state index contributed by atoms with van der Waals surface area (Å²) in [6.45, 7) is 3.08. The summed E-state index contributed by atoms with van der Waals surface area (Å²) in [5, 5.41) is 6.32. The molecular formula is C21H28N4O5. The maximum Gasteiger partial charge on any atom is 0.254 e. The number of nitrogens with one attached hydrogen (secondary N) is 1. The first-order chi connectivity index (χ1) is 14.6. The Hall–Kier alpha value is -3.07. The SMILES string of the molecule is COc1cc(OC)cc(C(=O)N(CCN2CCCCC2)CC(=O)Nc2ccon2)c1. The second kappa shape index (κ2) is 10.6. The van der Waals surface area contributed by atoms with Crippen LogP contribution in [-0.4, -0.2) is 73.7 Å². The number of nitrogens with zero attached hydrogens (tertiary/aromatic N) is 3. The molecule has 2 heterocycles. The Morgan fingerprint density at radius 3 is 2.43 bits per heavy atom. The van der Waals surface area contributed by atoms with Crippen LogP contribution in [-0.2, 0) is 4.79 Å². The van der Waals surface area contributed by atoms with Crippen LogP contribution in [0.1, 0.15) is 29.6 Å². The summed E-state index contributed by atoms with van der Waals surface area (Å²) < 4.78 is 15.3. The first-order valence-electron chi connectivity index (χ1n) is 10.0. The number of ether oxygens (including phenoxy) is 2. The number of anilines is 1. The number of carbonyl (C=O) groups is 2. The van der Waals surface area contributed by atoms with E-state index < -0.39 is 0 Å². The van der Waals surface area contributed by atoms with Crippen LogP contribution < -0.4 is 14.8 Å². The molecule has 1 saturated heterocycles. The Morgan fingerprint density at radius 1 is 1.13 bits per heavy atom. The predicted molar refractivity (Wildman–Crippen MR) is 111 cm³/mol. The molecule has 0 spiro atoms. The zero-order valence-corrected chi connectivity index (χ0v) is 17.4. The summed E-state index contributed by atoms with van der Waals surface area (Å²) in [7, 11) is 3.06. The van der Waals surface area contributed by atoms with E-state index in [0.717, 1.165) is 25.9 Å². The molecule has 1 aliphatic heterocycles. The third-order valence-corrected chi connectivity index (χ3v) is 5.06. The highest BCUT2D eigenvalue weighted by Gasteiger charge is 2.22. The molecule has 9 heteroatoms.